The summed E-state index contributed by atoms with van der Waals surface area (Å²) in [6, 6.07) is 2.99. The van der Waals surface area contributed by atoms with E-state index in [2.05, 4.69) is 9.97 Å². The second-order valence-corrected chi connectivity index (χ2v) is 7.48. The molecule has 0 saturated heterocycles. The van der Waals surface area contributed by atoms with Gasteiger partial charge in [0.2, 0.25) is 0 Å². The molecule has 1 N–H and O–H groups in total. The smallest absolute Gasteiger partial charge is 0.306 e. The van der Waals surface area contributed by atoms with Crippen molar-refractivity contribution in [3.05, 3.63) is 62.0 Å². The first-order valence-corrected chi connectivity index (χ1v) is 9.21. The van der Waals surface area contributed by atoms with Crippen LogP contribution in [0.5, 0.6) is 0 Å². The molecule has 8 heteroatoms. The highest BCUT2D eigenvalue weighted by molar-refractivity contribution is 7.18. The van der Waals surface area contributed by atoms with Gasteiger partial charge >= 0.3 is 5.97 Å². The number of thiophene rings is 1. The van der Waals surface area contributed by atoms with Crippen LogP contribution in [0.3, 0.4) is 0 Å². The van der Waals surface area contributed by atoms with E-state index in [0.29, 0.717) is 16.0 Å². The van der Waals surface area contributed by atoms with Crippen molar-refractivity contribution in [1.82, 2.24) is 9.97 Å². The van der Waals surface area contributed by atoms with Gasteiger partial charge in [0.05, 0.1) is 11.8 Å². The van der Waals surface area contributed by atoms with Gasteiger partial charge < -0.3 is 9.72 Å². The first kappa shape index (κ1) is 19.2. The number of fused-ring (bicyclic) bond motifs is 1. The summed E-state index contributed by atoms with van der Waals surface area (Å²) in [6.45, 7) is 5.26. The minimum absolute atomic E-state index is 0.0270. The number of carbonyl (C=O) groups is 1. The average Bonchev–Trinajstić information content (AvgIpc) is 2.89. The van der Waals surface area contributed by atoms with Crippen LogP contribution >= 0.6 is 11.3 Å². The van der Waals surface area contributed by atoms with E-state index in [0.717, 1.165) is 28.6 Å². The van der Waals surface area contributed by atoms with Crippen molar-refractivity contribution in [3.63, 3.8) is 0 Å². The monoisotopic (exact) mass is 392 g/mol. The molecule has 0 aliphatic carbocycles. The van der Waals surface area contributed by atoms with E-state index < -0.39 is 23.7 Å². The second kappa shape index (κ2) is 7.56. The number of ether oxygens (including phenoxy) is 1. The SMILES string of the molecule is Cc1sc2nc(CCC(=O)O[C@@H](C)c3cc(F)ccc3F)[nH]c(=O)c2c1C. The Morgan fingerprint density at radius 1 is 1.33 bits per heavy atom. The van der Waals surface area contributed by atoms with E-state index >= 15 is 0 Å². The lowest BCUT2D eigenvalue weighted by molar-refractivity contribution is -0.148. The van der Waals surface area contributed by atoms with Gasteiger partial charge in [0, 0.05) is 16.9 Å². The van der Waals surface area contributed by atoms with Crippen molar-refractivity contribution in [3.8, 4) is 0 Å². The van der Waals surface area contributed by atoms with E-state index in [9.17, 15) is 18.4 Å². The van der Waals surface area contributed by atoms with Crippen LogP contribution in [0, 0.1) is 25.5 Å². The molecule has 0 bridgehead atoms. The summed E-state index contributed by atoms with van der Waals surface area (Å²) in [5.74, 6) is -1.45. The molecular formula is C19H18F2N2O3S. The van der Waals surface area contributed by atoms with Gasteiger partial charge in [-0.3, -0.25) is 9.59 Å². The number of aromatic amines is 1. The normalized spacial score (nSPS) is 12.3. The minimum Gasteiger partial charge on any atom is -0.458 e. The number of rotatable bonds is 5. The Labute approximate surface area is 158 Å². The molecule has 0 radical (unpaired) electrons. The molecule has 27 heavy (non-hydrogen) atoms. The summed E-state index contributed by atoms with van der Waals surface area (Å²) in [5, 5.41) is 0.569. The van der Waals surface area contributed by atoms with Gasteiger partial charge in [-0.1, -0.05) is 0 Å². The number of aromatic nitrogens is 2. The molecular weight excluding hydrogens is 374 g/mol. The van der Waals surface area contributed by atoms with Gasteiger partial charge in [0.15, 0.2) is 0 Å². The zero-order valence-corrected chi connectivity index (χ0v) is 15.9. The first-order chi connectivity index (χ1) is 12.8. The third-order valence-corrected chi connectivity index (χ3v) is 5.46. The molecule has 0 fully saturated rings. The van der Waals surface area contributed by atoms with Gasteiger partial charge in [-0.25, -0.2) is 13.8 Å². The number of hydrogen-bond acceptors (Lipinski definition) is 5. The Hall–Kier alpha value is -2.61. The summed E-state index contributed by atoms with van der Waals surface area (Å²) in [6.07, 6.45) is -0.789. The molecule has 1 aromatic carbocycles. The molecule has 0 saturated carbocycles. The molecule has 5 nitrogen and oxygen atoms in total. The largest absolute Gasteiger partial charge is 0.458 e. The molecule has 1 atom stereocenters. The van der Waals surface area contributed by atoms with E-state index in [-0.39, 0.29) is 24.0 Å². The molecule has 0 aliphatic heterocycles. The number of carbonyl (C=O) groups excluding carboxylic acids is 1. The quantitative estimate of drug-likeness (QED) is 0.663. The predicted molar refractivity (Wildman–Crippen MR) is 98.9 cm³/mol. The summed E-state index contributed by atoms with van der Waals surface area (Å²) in [4.78, 5) is 33.0. The fraction of sp³-hybridized carbons (Fsp3) is 0.316. The van der Waals surface area contributed by atoms with Gasteiger partial charge in [0.1, 0.15) is 28.4 Å². The second-order valence-electron chi connectivity index (χ2n) is 6.27. The highest BCUT2D eigenvalue weighted by Crippen LogP contribution is 2.26. The molecule has 2 aromatic heterocycles. The van der Waals surface area contributed by atoms with Gasteiger partial charge in [0.25, 0.3) is 5.56 Å². The maximum absolute atomic E-state index is 13.7. The molecule has 3 rings (SSSR count). The Morgan fingerprint density at radius 3 is 2.81 bits per heavy atom. The lowest BCUT2D eigenvalue weighted by Gasteiger charge is -2.14. The van der Waals surface area contributed by atoms with Crippen LogP contribution in [0.25, 0.3) is 10.2 Å². The fourth-order valence-electron chi connectivity index (χ4n) is 2.78. The van der Waals surface area contributed by atoms with Crippen molar-refractivity contribution in [2.24, 2.45) is 0 Å². The highest BCUT2D eigenvalue weighted by Gasteiger charge is 2.17. The molecule has 0 aliphatic rings. The zero-order valence-electron chi connectivity index (χ0n) is 15.1. The van der Waals surface area contributed by atoms with Crippen LogP contribution in [0.4, 0.5) is 8.78 Å². The topological polar surface area (TPSA) is 72.0 Å². The van der Waals surface area contributed by atoms with Crippen LogP contribution in [-0.2, 0) is 16.0 Å². The number of nitrogens with zero attached hydrogens (tertiary/aromatic N) is 1. The first-order valence-electron chi connectivity index (χ1n) is 8.39. The van der Waals surface area contributed by atoms with Crippen molar-refractivity contribution < 1.29 is 18.3 Å². The maximum atomic E-state index is 13.7. The number of benzene rings is 1. The number of H-pyrrole nitrogens is 1. The standard InChI is InChI=1S/C19H18F2N2O3S/c1-9-11(3)27-19-17(9)18(25)22-15(23-19)6-7-16(24)26-10(2)13-8-12(20)4-5-14(13)21/h4-5,8,10H,6-7H2,1-3H3,(H,22,23,25)/t10-/m0/s1. The minimum atomic E-state index is -0.926. The number of halogens is 2. The Kier molecular flexibility index (Phi) is 5.36. The lowest BCUT2D eigenvalue weighted by Crippen LogP contribution is -2.15. The summed E-state index contributed by atoms with van der Waals surface area (Å²) >= 11 is 1.43. The summed E-state index contributed by atoms with van der Waals surface area (Å²) in [5.41, 5.74) is 0.641. The van der Waals surface area contributed by atoms with Crippen LogP contribution in [0.15, 0.2) is 23.0 Å². The van der Waals surface area contributed by atoms with Crippen molar-refractivity contribution in [1.29, 1.82) is 0 Å². The van der Waals surface area contributed by atoms with Crippen LogP contribution in [-0.4, -0.2) is 15.9 Å². The zero-order chi connectivity index (χ0) is 19.7. The van der Waals surface area contributed by atoms with Crippen LogP contribution in [0.2, 0.25) is 0 Å². The maximum Gasteiger partial charge on any atom is 0.306 e. The lowest BCUT2D eigenvalue weighted by atomic mass is 10.1. The molecule has 0 spiro atoms. The number of nitrogens with one attached hydrogen (secondary N) is 1. The molecule has 2 heterocycles. The van der Waals surface area contributed by atoms with E-state index in [4.69, 9.17) is 4.74 Å². The summed E-state index contributed by atoms with van der Waals surface area (Å²) in [7, 11) is 0. The Morgan fingerprint density at radius 2 is 2.07 bits per heavy atom. The van der Waals surface area contributed by atoms with Crippen molar-refractivity contribution in [2.75, 3.05) is 0 Å². The van der Waals surface area contributed by atoms with E-state index in [1.165, 1.54) is 18.3 Å². The number of esters is 1. The van der Waals surface area contributed by atoms with Crippen LogP contribution < -0.4 is 5.56 Å². The van der Waals surface area contributed by atoms with Gasteiger partial charge in [-0.2, -0.15) is 0 Å². The fourth-order valence-corrected chi connectivity index (χ4v) is 3.83. The third kappa shape index (κ3) is 4.05. The van der Waals surface area contributed by atoms with Gasteiger partial charge in [-0.05, 0) is 44.5 Å². The summed E-state index contributed by atoms with van der Waals surface area (Å²) < 4.78 is 32.2. The van der Waals surface area contributed by atoms with E-state index in [1.54, 1.807) is 0 Å². The van der Waals surface area contributed by atoms with Gasteiger partial charge in [-0.15, -0.1) is 11.3 Å². The van der Waals surface area contributed by atoms with E-state index in [1.807, 2.05) is 13.8 Å². The molecule has 0 amide bonds. The number of hydrogen-bond donors (Lipinski definition) is 1. The third-order valence-electron chi connectivity index (χ3n) is 4.36. The molecule has 142 valence electrons. The predicted octanol–water partition coefficient (Wildman–Crippen LogP) is 4.12. The van der Waals surface area contributed by atoms with Crippen LogP contribution in [0.1, 0.15) is 41.3 Å². The van der Waals surface area contributed by atoms with Crippen molar-refractivity contribution >= 4 is 27.5 Å². The van der Waals surface area contributed by atoms with Crippen molar-refractivity contribution in [2.45, 2.75) is 39.7 Å². The Balaban J connectivity index is 1.68. The average molecular weight is 392 g/mol. The highest BCUT2D eigenvalue weighted by atomic mass is 32.1. The molecule has 0 unspecified atom stereocenters. The Bertz CT molecular complexity index is 1070. The number of aryl methyl sites for hydroxylation is 3. The molecule has 3 aromatic rings.